The van der Waals surface area contributed by atoms with Crippen molar-refractivity contribution in [3.05, 3.63) is 34.5 Å². The zero-order valence-electron chi connectivity index (χ0n) is 11.8. The van der Waals surface area contributed by atoms with Crippen LogP contribution in [0.1, 0.15) is 35.1 Å². The SMILES string of the molecule is COC1Cc2ccnc3c4c(c(O)c(c23)C1)CCCC4. The molecule has 0 fully saturated rings. The molecule has 2 aliphatic carbocycles. The van der Waals surface area contributed by atoms with Crippen molar-refractivity contribution in [2.75, 3.05) is 7.11 Å². The first-order valence-corrected chi connectivity index (χ1v) is 7.45. The largest absolute Gasteiger partial charge is 0.507 e. The van der Waals surface area contributed by atoms with Gasteiger partial charge in [-0.2, -0.15) is 0 Å². The lowest BCUT2D eigenvalue weighted by atomic mass is 9.81. The van der Waals surface area contributed by atoms with E-state index in [1.54, 1.807) is 7.11 Å². The van der Waals surface area contributed by atoms with Gasteiger partial charge < -0.3 is 9.84 Å². The monoisotopic (exact) mass is 269 g/mol. The van der Waals surface area contributed by atoms with Crippen LogP contribution in [0.4, 0.5) is 0 Å². The molecule has 3 heteroatoms. The Bertz CT molecular complexity index is 693. The summed E-state index contributed by atoms with van der Waals surface area (Å²) in [4.78, 5) is 4.64. The number of hydrogen-bond acceptors (Lipinski definition) is 3. The van der Waals surface area contributed by atoms with Gasteiger partial charge in [0.05, 0.1) is 11.6 Å². The number of ether oxygens (including phenoxy) is 1. The number of aryl methyl sites for hydroxylation is 1. The molecule has 2 aromatic rings. The van der Waals surface area contributed by atoms with E-state index < -0.39 is 0 Å². The number of aromatic nitrogens is 1. The van der Waals surface area contributed by atoms with Crippen LogP contribution >= 0.6 is 0 Å². The average molecular weight is 269 g/mol. The van der Waals surface area contributed by atoms with Crippen LogP contribution in [-0.4, -0.2) is 23.3 Å². The highest BCUT2D eigenvalue weighted by Crippen LogP contribution is 2.42. The van der Waals surface area contributed by atoms with E-state index in [0.29, 0.717) is 5.75 Å². The van der Waals surface area contributed by atoms with Crippen molar-refractivity contribution in [1.29, 1.82) is 0 Å². The second-order valence-electron chi connectivity index (χ2n) is 5.95. The van der Waals surface area contributed by atoms with E-state index in [1.807, 2.05) is 6.20 Å². The standard InChI is InChI=1S/C17H19NO2/c1-20-11-8-10-6-7-18-16-12-4-2-3-5-13(12)17(19)14(9-11)15(10)16/h6-7,11,19H,2-5,8-9H2,1H3. The number of fused-ring (bicyclic) bond motifs is 2. The van der Waals surface area contributed by atoms with E-state index in [0.717, 1.165) is 42.3 Å². The summed E-state index contributed by atoms with van der Waals surface area (Å²) in [7, 11) is 1.75. The molecular weight excluding hydrogens is 250 g/mol. The fourth-order valence-corrected chi connectivity index (χ4v) is 3.88. The highest BCUT2D eigenvalue weighted by molar-refractivity contribution is 5.92. The van der Waals surface area contributed by atoms with Crippen LogP contribution in [0.5, 0.6) is 5.75 Å². The molecule has 0 saturated carbocycles. The summed E-state index contributed by atoms with van der Waals surface area (Å²) < 4.78 is 5.55. The van der Waals surface area contributed by atoms with Gasteiger partial charge in [-0.05, 0) is 54.9 Å². The fourth-order valence-electron chi connectivity index (χ4n) is 3.88. The maximum absolute atomic E-state index is 10.7. The van der Waals surface area contributed by atoms with Crippen LogP contribution in [0.3, 0.4) is 0 Å². The zero-order chi connectivity index (χ0) is 13.7. The summed E-state index contributed by atoms with van der Waals surface area (Å²) in [6.07, 6.45) is 8.18. The van der Waals surface area contributed by atoms with Crippen molar-refractivity contribution in [3.8, 4) is 5.75 Å². The van der Waals surface area contributed by atoms with Gasteiger partial charge >= 0.3 is 0 Å². The predicted molar refractivity (Wildman–Crippen MR) is 78.3 cm³/mol. The van der Waals surface area contributed by atoms with Crippen LogP contribution in [0.2, 0.25) is 0 Å². The lowest BCUT2D eigenvalue weighted by Crippen LogP contribution is -2.23. The molecule has 0 amide bonds. The molecule has 0 spiro atoms. The van der Waals surface area contributed by atoms with Crippen molar-refractivity contribution in [3.63, 3.8) is 0 Å². The first-order valence-electron chi connectivity index (χ1n) is 7.45. The van der Waals surface area contributed by atoms with Gasteiger partial charge in [-0.1, -0.05) is 0 Å². The molecule has 104 valence electrons. The molecule has 1 aromatic heterocycles. The Morgan fingerprint density at radius 2 is 1.95 bits per heavy atom. The molecule has 1 atom stereocenters. The number of aromatic hydroxyl groups is 1. The van der Waals surface area contributed by atoms with Crippen molar-refractivity contribution >= 4 is 10.9 Å². The smallest absolute Gasteiger partial charge is 0.123 e. The highest BCUT2D eigenvalue weighted by atomic mass is 16.5. The minimum atomic E-state index is 0.167. The van der Waals surface area contributed by atoms with Gasteiger partial charge in [0.2, 0.25) is 0 Å². The second-order valence-corrected chi connectivity index (χ2v) is 5.95. The average Bonchev–Trinajstić information content (AvgIpc) is 2.51. The van der Waals surface area contributed by atoms with Gasteiger partial charge in [0.25, 0.3) is 0 Å². The lowest BCUT2D eigenvalue weighted by Gasteiger charge is -2.28. The van der Waals surface area contributed by atoms with Gasteiger partial charge in [-0.25, -0.2) is 0 Å². The maximum Gasteiger partial charge on any atom is 0.123 e. The Kier molecular flexibility index (Phi) is 2.71. The first-order chi connectivity index (χ1) is 9.79. The molecule has 0 saturated heterocycles. The molecular formula is C17H19NO2. The third-order valence-corrected chi connectivity index (χ3v) is 4.88. The van der Waals surface area contributed by atoms with Crippen LogP contribution in [-0.2, 0) is 30.4 Å². The summed E-state index contributed by atoms with van der Waals surface area (Å²) in [5, 5.41) is 11.9. The summed E-state index contributed by atoms with van der Waals surface area (Å²) in [5.41, 5.74) is 5.87. The third-order valence-electron chi connectivity index (χ3n) is 4.88. The van der Waals surface area contributed by atoms with Crippen LogP contribution in [0.15, 0.2) is 12.3 Å². The Labute approximate surface area is 118 Å². The Morgan fingerprint density at radius 3 is 2.75 bits per heavy atom. The molecule has 1 N–H and O–H groups in total. The molecule has 1 heterocycles. The number of nitrogens with zero attached hydrogens (tertiary/aromatic N) is 1. The number of methoxy groups -OCH3 is 1. The number of phenols is 1. The van der Waals surface area contributed by atoms with E-state index in [1.165, 1.54) is 29.4 Å². The zero-order valence-corrected chi connectivity index (χ0v) is 11.8. The molecule has 4 rings (SSSR count). The van der Waals surface area contributed by atoms with Crippen molar-refractivity contribution in [2.24, 2.45) is 0 Å². The van der Waals surface area contributed by atoms with Gasteiger partial charge in [-0.3, -0.25) is 4.98 Å². The molecule has 20 heavy (non-hydrogen) atoms. The Morgan fingerprint density at radius 1 is 1.15 bits per heavy atom. The van der Waals surface area contributed by atoms with Crippen molar-refractivity contribution in [2.45, 2.75) is 44.6 Å². The molecule has 0 radical (unpaired) electrons. The van der Waals surface area contributed by atoms with Crippen molar-refractivity contribution < 1.29 is 9.84 Å². The number of pyridine rings is 1. The minimum Gasteiger partial charge on any atom is -0.507 e. The fraction of sp³-hybridized carbons (Fsp3) is 0.471. The van der Waals surface area contributed by atoms with Crippen LogP contribution in [0, 0.1) is 0 Å². The molecule has 1 aromatic carbocycles. The number of phenolic OH excluding ortho intramolecular Hbond substituents is 1. The first kappa shape index (κ1) is 12.2. The minimum absolute atomic E-state index is 0.167. The Balaban J connectivity index is 2.07. The summed E-state index contributed by atoms with van der Waals surface area (Å²) in [5.74, 6) is 0.517. The molecule has 2 aliphatic rings. The van der Waals surface area contributed by atoms with Crippen LogP contribution in [0.25, 0.3) is 10.9 Å². The maximum atomic E-state index is 10.7. The molecule has 0 aliphatic heterocycles. The van der Waals surface area contributed by atoms with Crippen LogP contribution < -0.4 is 0 Å². The van der Waals surface area contributed by atoms with E-state index in [2.05, 4.69) is 11.1 Å². The number of rotatable bonds is 1. The number of hydrogen-bond donors (Lipinski definition) is 1. The lowest BCUT2D eigenvalue weighted by molar-refractivity contribution is 0.101. The highest BCUT2D eigenvalue weighted by Gasteiger charge is 2.28. The van der Waals surface area contributed by atoms with E-state index >= 15 is 0 Å². The molecule has 1 unspecified atom stereocenters. The normalized spacial score (nSPS) is 20.9. The molecule has 3 nitrogen and oxygen atoms in total. The quantitative estimate of drug-likeness (QED) is 0.865. The van der Waals surface area contributed by atoms with Crippen molar-refractivity contribution in [1.82, 2.24) is 4.98 Å². The van der Waals surface area contributed by atoms with Gasteiger partial charge in [0.15, 0.2) is 0 Å². The van der Waals surface area contributed by atoms with E-state index in [4.69, 9.17) is 4.74 Å². The van der Waals surface area contributed by atoms with E-state index in [9.17, 15) is 5.11 Å². The van der Waals surface area contributed by atoms with Gasteiger partial charge in [0, 0.05) is 30.7 Å². The van der Waals surface area contributed by atoms with Gasteiger partial charge in [-0.15, -0.1) is 0 Å². The van der Waals surface area contributed by atoms with E-state index in [-0.39, 0.29) is 6.10 Å². The number of benzene rings is 1. The summed E-state index contributed by atoms with van der Waals surface area (Å²) >= 11 is 0. The third kappa shape index (κ3) is 1.59. The summed E-state index contributed by atoms with van der Waals surface area (Å²) in [6, 6.07) is 2.08. The second kappa shape index (κ2) is 4.45. The summed E-state index contributed by atoms with van der Waals surface area (Å²) in [6.45, 7) is 0. The van der Waals surface area contributed by atoms with Gasteiger partial charge in [0.1, 0.15) is 5.75 Å². The predicted octanol–water partition coefficient (Wildman–Crippen LogP) is 2.93. The Hall–Kier alpha value is -1.61. The molecule has 0 bridgehead atoms. The topological polar surface area (TPSA) is 42.4 Å².